The summed E-state index contributed by atoms with van der Waals surface area (Å²) in [6, 6.07) is 7.67. The van der Waals surface area contributed by atoms with Crippen molar-refractivity contribution in [3.63, 3.8) is 0 Å². The molecule has 4 nitrogen and oxygen atoms in total. The van der Waals surface area contributed by atoms with Gasteiger partial charge in [-0.25, -0.2) is 0 Å². The second kappa shape index (κ2) is 6.57. The van der Waals surface area contributed by atoms with Crippen molar-refractivity contribution in [1.82, 2.24) is 10.6 Å². The Morgan fingerprint density at radius 3 is 2.77 bits per heavy atom. The summed E-state index contributed by atoms with van der Waals surface area (Å²) in [7, 11) is 0. The van der Waals surface area contributed by atoms with Crippen molar-refractivity contribution in [3.8, 4) is 0 Å². The Kier molecular flexibility index (Phi) is 4.71. The highest BCUT2D eigenvalue weighted by Crippen LogP contribution is 2.42. The molecule has 0 bridgehead atoms. The second-order valence-electron chi connectivity index (χ2n) is 6.50. The van der Waals surface area contributed by atoms with Gasteiger partial charge in [0, 0.05) is 30.6 Å². The Morgan fingerprint density at radius 2 is 2.14 bits per heavy atom. The molecule has 1 aromatic rings. The third kappa shape index (κ3) is 3.00. The van der Waals surface area contributed by atoms with Gasteiger partial charge in [0.25, 0.3) is 0 Å². The maximum absolute atomic E-state index is 12.9. The van der Waals surface area contributed by atoms with E-state index in [9.17, 15) is 9.90 Å². The molecule has 1 aromatic carbocycles. The first kappa shape index (κ1) is 15.8. The largest absolute Gasteiger partial charge is 0.391 e. The number of halogens is 1. The molecule has 5 heteroatoms. The molecule has 3 N–H and O–H groups in total. The maximum Gasteiger partial charge on any atom is 0.230 e. The number of aliphatic hydroxyl groups excluding tert-OH is 1. The Balaban J connectivity index is 1.74. The van der Waals surface area contributed by atoms with Crippen molar-refractivity contribution in [1.29, 1.82) is 0 Å². The van der Waals surface area contributed by atoms with Gasteiger partial charge in [0.15, 0.2) is 0 Å². The normalized spacial score (nSPS) is 27.0. The van der Waals surface area contributed by atoms with Crippen LogP contribution in [0, 0.1) is 5.92 Å². The summed E-state index contributed by atoms with van der Waals surface area (Å²) in [5.74, 6) is 0.174. The molecule has 1 aliphatic heterocycles. The van der Waals surface area contributed by atoms with Gasteiger partial charge in [0.2, 0.25) is 5.91 Å². The summed E-state index contributed by atoms with van der Waals surface area (Å²) >= 11 is 6.12. The topological polar surface area (TPSA) is 61.4 Å². The van der Waals surface area contributed by atoms with E-state index in [-0.39, 0.29) is 17.9 Å². The van der Waals surface area contributed by atoms with Crippen LogP contribution in [-0.2, 0) is 10.2 Å². The molecule has 0 spiro atoms. The fourth-order valence-corrected chi connectivity index (χ4v) is 3.92. The second-order valence-corrected chi connectivity index (χ2v) is 6.93. The minimum Gasteiger partial charge on any atom is -0.391 e. The first-order chi connectivity index (χ1) is 10.6. The predicted octanol–water partition coefficient (Wildman–Crippen LogP) is 1.85. The van der Waals surface area contributed by atoms with E-state index < -0.39 is 5.41 Å². The fraction of sp³-hybridized carbons (Fsp3) is 0.588. The van der Waals surface area contributed by atoms with Crippen molar-refractivity contribution >= 4 is 17.5 Å². The highest BCUT2D eigenvalue weighted by atomic mass is 35.5. The van der Waals surface area contributed by atoms with Crippen LogP contribution in [0.25, 0.3) is 0 Å². The van der Waals surface area contributed by atoms with Crippen LogP contribution in [0.15, 0.2) is 24.3 Å². The zero-order chi connectivity index (χ0) is 15.6. The molecule has 22 heavy (non-hydrogen) atoms. The lowest BCUT2D eigenvalue weighted by molar-refractivity contribution is -0.126. The fourth-order valence-electron chi connectivity index (χ4n) is 3.73. The van der Waals surface area contributed by atoms with Crippen molar-refractivity contribution in [3.05, 3.63) is 34.9 Å². The lowest BCUT2D eigenvalue weighted by atomic mass is 9.78. The quantitative estimate of drug-likeness (QED) is 0.793. The number of amides is 1. The van der Waals surface area contributed by atoms with Crippen molar-refractivity contribution in [2.75, 3.05) is 19.6 Å². The van der Waals surface area contributed by atoms with Gasteiger partial charge < -0.3 is 15.7 Å². The number of benzene rings is 1. The van der Waals surface area contributed by atoms with Crippen molar-refractivity contribution in [2.45, 2.75) is 37.2 Å². The lowest BCUT2D eigenvalue weighted by Crippen LogP contribution is -2.45. The number of rotatable bonds is 4. The SMILES string of the molecule is O=C(NCC1CNCC1O)C1(c2cccc(Cl)c2)CCCC1. The number of β-amino-alcohol motifs (C(OH)–C–C–N with tert-alkyl or cyclic N) is 1. The van der Waals surface area contributed by atoms with Crippen molar-refractivity contribution in [2.24, 2.45) is 5.92 Å². The van der Waals surface area contributed by atoms with E-state index in [2.05, 4.69) is 10.6 Å². The highest BCUT2D eigenvalue weighted by molar-refractivity contribution is 6.30. The molecule has 1 amide bonds. The third-order valence-electron chi connectivity index (χ3n) is 5.10. The molecule has 1 aliphatic carbocycles. The standard InChI is InChI=1S/C17H23ClN2O2/c18-14-5-3-4-13(8-14)17(6-1-2-7-17)16(22)20-10-12-9-19-11-15(12)21/h3-5,8,12,15,19,21H,1-2,6-7,9-11H2,(H,20,22). The third-order valence-corrected chi connectivity index (χ3v) is 5.33. The first-order valence-electron chi connectivity index (χ1n) is 8.05. The molecule has 1 heterocycles. The number of aliphatic hydroxyl groups is 1. The minimum absolute atomic E-state index is 0.0753. The molecule has 2 atom stereocenters. The van der Waals surface area contributed by atoms with E-state index in [1.54, 1.807) is 0 Å². The van der Waals surface area contributed by atoms with E-state index in [0.29, 0.717) is 18.1 Å². The molecular weight excluding hydrogens is 300 g/mol. The number of hydrogen-bond acceptors (Lipinski definition) is 3. The van der Waals surface area contributed by atoms with Gasteiger partial charge in [-0.15, -0.1) is 0 Å². The molecule has 2 fully saturated rings. The van der Waals surface area contributed by atoms with Crippen LogP contribution in [0.2, 0.25) is 5.02 Å². The van der Waals surface area contributed by atoms with E-state index in [4.69, 9.17) is 11.6 Å². The van der Waals surface area contributed by atoms with Gasteiger partial charge >= 0.3 is 0 Å². The molecule has 120 valence electrons. The summed E-state index contributed by atoms with van der Waals surface area (Å²) in [6.45, 7) is 1.89. The molecule has 3 rings (SSSR count). The van der Waals surface area contributed by atoms with Gasteiger partial charge in [0.05, 0.1) is 11.5 Å². The molecule has 0 radical (unpaired) electrons. The summed E-state index contributed by atoms with van der Waals surface area (Å²) in [5, 5.41) is 16.7. The average molecular weight is 323 g/mol. The lowest BCUT2D eigenvalue weighted by Gasteiger charge is -2.29. The summed E-state index contributed by atoms with van der Waals surface area (Å²) in [4.78, 5) is 12.9. The van der Waals surface area contributed by atoms with Gasteiger partial charge in [-0.05, 0) is 30.5 Å². The van der Waals surface area contributed by atoms with Crippen LogP contribution in [-0.4, -0.2) is 36.8 Å². The summed E-state index contributed by atoms with van der Waals surface area (Å²) < 4.78 is 0. The number of carbonyl (C=O) groups excluding carboxylic acids is 1. The maximum atomic E-state index is 12.9. The van der Waals surface area contributed by atoms with E-state index in [1.807, 2.05) is 24.3 Å². The van der Waals surface area contributed by atoms with Crippen LogP contribution in [0.5, 0.6) is 0 Å². The van der Waals surface area contributed by atoms with Crippen LogP contribution in [0.4, 0.5) is 0 Å². The van der Waals surface area contributed by atoms with E-state index >= 15 is 0 Å². The van der Waals surface area contributed by atoms with Gasteiger partial charge in [-0.1, -0.05) is 36.6 Å². The van der Waals surface area contributed by atoms with Crippen LogP contribution in [0.3, 0.4) is 0 Å². The summed E-state index contributed by atoms with van der Waals surface area (Å²) in [6.07, 6.45) is 3.49. The molecule has 2 unspecified atom stereocenters. The average Bonchev–Trinajstić information content (AvgIpc) is 3.15. The van der Waals surface area contributed by atoms with Gasteiger partial charge in [0.1, 0.15) is 0 Å². The zero-order valence-electron chi connectivity index (χ0n) is 12.6. The van der Waals surface area contributed by atoms with Crippen LogP contribution < -0.4 is 10.6 Å². The number of carbonyl (C=O) groups is 1. The summed E-state index contributed by atoms with van der Waals surface area (Å²) in [5.41, 5.74) is 0.558. The Morgan fingerprint density at radius 1 is 1.36 bits per heavy atom. The van der Waals surface area contributed by atoms with Crippen molar-refractivity contribution < 1.29 is 9.90 Å². The number of hydrogen-bond donors (Lipinski definition) is 3. The molecule has 0 aromatic heterocycles. The Bertz CT molecular complexity index is 543. The van der Waals surface area contributed by atoms with E-state index in [0.717, 1.165) is 37.8 Å². The predicted molar refractivity (Wildman–Crippen MR) is 87.0 cm³/mol. The minimum atomic E-state index is -0.456. The smallest absolute Gasteiger partial charge is 0.230 e. The van der Waals surface area contributed by atoms with Gasteiger partial charge in [-0.3, -0.25) is 4.79 Å². The zero-order valence-corrected chi connectivity index (χ0v) is 13.4. The van der Waals surface area contributed by atoms with Crippen LogP contribution in [0.1, 0.15) is 31.2 Å². The van der Waals surface area contributed by atoms with Gasteiger partial charge in [-0.2, -0.15) is 0 Å². The molecule has 1 saturated heterocycles. The Hall–Kier alpha value is -1.10. The highest BCUT2D eigenvalue weighted by Gasteiger charge is 2.43. The number of nitrogens with one attached hydrogen (secondary N) is 2. The molecule has 1 saturated carbocycles. The molecule has 2 aliphatic rings. The monoisotopic (exact) mass is 322 g/mol. The Labute approximate surface area is 136 Å². The van der Waals surface area contributed by atoms with Crippen LogP contribution >= 0.6 is 11.6 Å². The molecular formula is C17H23ClN2O2. The first-order valence-corrected chi connectivity index (χ1v) is 8.43. The van der Waals surface area contributed by atoms with E-state index in [1.165, 1.54) is 0 Å².